The number of halogens is 4. The van der Waals surface area contributed by atoms with Gasteiger partial charge in [-0.15, -0.1) is 0 Å². The number of carbonyl (C=O) groups is 1. The average molecular weight is 878 g/mol. The monoisotopic (exact) mass is 878 g/mol. The average Bonchev–Trinajstić information content (AvgIpc) is 4.07. The molecule has 2 aromatic rings. The van der Waals surface area contributed by atoms with Gasteiger partial charge in [0.05, 0.1) is 58.2 Å². The molecule has 0 unspecified atom stereocenters. The van der Waals surface area contributed by atoms with Crippen LogP contribution in [0.5, 0.6) is 0 Å². The van der Waals surface area contributed by atoms with Crippen molar-refractivity contribution in [1.82, 2.24) is 19.6 Å². The first-order valence-electron chi connectivity index (χ1n) is 22.4. The summed E-state index contributed by atoms with van der Waals surface area (Å²) < 4.78 is 91.3. The van der Waals surface area contributed by atoms with Crippen LogP contribution in [0.1, 0.15) is 151 Å². The van der Waals surface area contributed by atoms with Crippen molar-refractivity contribution in [2.45, 2.75) is 155 Å². The van der Waals surface area contributed by atoms with Crippen molar-refractivity contribution in [3.05, 3.63) is 33.9 Å². The fourth-order valence-electron chi connectivity index (χ4n) is 9.60. The molecular formula is C44H71BF4LiN4O8. The Hall–Kier alpha value is -1.97. The van der Waals surface area contributed by atoms with Crippen molar-refractivity contribution < 1.29 is 76.2 Å². The van der Waals surface area contributed by atoms with E-state index in [2.05, 4.69) is 10.2 Å². The number of alkyl halides is 4. The minimum absolute atomic E-state index is 0. The van der Waals surface area contributed by atoms with E-state index in [1.165, 1.54) is 22.2 Å². The van der Waals surface area contributed by atoms with E-state index in [-0.39, 0.29) is 89.7 Å². The molecule has 0 atom stereocenters. The second-order valence-corrected chi connectivity index (χ2v) is 17.2. The molecule has 7 rings (SSSR count). The Morgan fingerprint density at radius 3 is 1.47 bits per heavy atom. The normalized spacial score (nSPS) is 20.7. The molecule has 3 fully saturated rings. The van der Waals surface area contributed by atoms with Crippen molar-refractivity contribution in [3.63, 3.8) is 0 Å². The quantitative estimate of drug-likeness (QED) is 0.135. The molecule has 18 heteroatoms. The predicted molar refractivity (Wildman–Crippen MR) is 224 cm³/mol. The van der Waals surface area contributed by atoms with E-state index in [0.29, 0.717) is 75.5 Å². The number of ether oxygens (including phenoxy) is 6. The molecule has 2 saturated carbocycles. The van der Waals surface area contributed by atoms with Gasteiger partial charge < -0.3 is 35.0 Å². The number of aromatic nitrogens is 4. The summed E-state index contributed by atoms with van der Waals surface area (Å²) in [6.07, 6.45) is 8.86. The molecule has 0 aromatic carbocycles. The van der Waals surface area contributed by atoms with Crippen molar-refractivity contribution >= 4 is 14.4 Å². The molecule has 2 aliphatic carbocycles. The maximum Gasteiger partial charge on any atom is 1.00 e. The SMILES string of the molecule is C1CCOC1.CCOCC1(COCC)CCC(c2c(C(=O)OCC)nn3c2CC(F)(F)C3)CC1.CCOCC1(COCC)CCC(c2c(CO)nn3c2CC(F)(F)C3)CC1.[B].[H-].[Li+]. The first-order valence-corrected chi connectivity index (χ1v) is 22.4. The Kier molecular flexibility index (Phi) is 22.0. The van der Waals surface area contributed by atoms with E-state index >= 15 is 0 Å². The van der Waals surface area contributed by atoms with Crippen molar-refractivity contribution in [2.75, 3.05) is 72.7 Å². The van der Waals surface area contributed by atoms with Crippen LogP contribution < -0.4 is 18.9 Å². The minimum Gasteiger partial charge on any atom is -1.00 e. The summed E-state index contributed by atoms with van der Waals surface area (Å²) in [6, 6.07) is 0. The number of carbonyl (C=O) groups excluding carboxylic acids is 1. The van der Waals surface area contributed by atoms with Crippen molar-refractivity contribution in [1.29, 1.82) is 0 Å². The van der Waals surface area contributed by atoms with E-state index in [4.69, 9.17) is 28.4 Å². The van der Waals surface area contributed by atoms with E-state index in [0.717, 1.165) is 70.1 Å². The summed E-state index contributed by atoms with van der Waals surface area (Å²) in [5, 5.41) is 18.1. The molecule has 1 saturated heterocycles. The van der Waals surface area contributed by atoms with Gasteiger partial charge in [0.25, 0.3) is 11.8 Å². The van der Waals surface area contributed by atoms with E-state index < -0.39 is 24.4 Å². The molecule has 3 radical (unpaired) electrons. The topological polar surface area (TPSA) is 128 Å². The third-order valence-electron chi connectivity index (χ3n) is 12.7. The number of nitrogens with zero attached hydrogens (tertiary/aromatic N) is 4. The van der Waals surface area contributed by atoms with Gasteiger partial charge in [-0.1, -0.05) is 0 Å². The van der Waals surface area contributed by atoms with Gasteiger partial charge in [0, 0.05) is 81.4 Å². The van der Waals surface area contributed by atoms with Gasteiger partial charge in [0.15, 0.2) is 5.69 Å². The summed E-state index contributed by atoms with van der Waals surface area (Å²) in [5.41, 5.74) is 3.37. The van der Waals surface area contributed by atoms with Crippen LogP contribution in [0.15, 0.2) is 0 Å². The molecule has 0 amide bonds. The van der Waals surface area contributed by atoms with Gasteiger partial charge in [-0.05, 0) is 111 Å². The van der Waals surface area contributed by atoms with Crippen LogP contribution in [0.4, 0.5) is 17.6 Å². The third-order valence-corrected chi connectivity index (χ3v) is 12.7. The largest absolute Gasteiger partial charge is 1.00 e. The zero-order valence-electron chi connectivity index (χ0n) is 39.2. The molecule has 12 nitrogen and oxygen atoms in total. The number of hydrogen-bond acceptors (Lipinski definition) is 10. The minimum atomic E-state index is -2.81. The Labute approximate surface area is 381 Å². The Morgan fingerprint density at radius 2 is 1.10 bits per heavy atom. The van der Waals surface area contributed by atoms with Crippen LogP contribution in [-0.2, 0) is 61.0 Å². The van der Waals surface area contributed by atoms with Gasteiger partial charge in [0.2, 0.25) is 0 Å². The molecule has 0 spiro atoms. The van der Waals surface area contributed by atoms with E-state index in [1.807, 2.05) is 27.7 Å². The number of hydrogen-bond donors (Lipinski definition) is 1. The molecule has 1 N–H and O–H groups in total. The summed E-state index contributed by atoms with van der Waals surface area (Å²) in [6.45, 7) is 16.1. The molecule has 0 bridgehead atoms. The van der Waals surface area contributed by atoms with E-state index in [1.54, 1.807) is 6.92 Å². The van der Waals surface area contributed by atoms with Crippen LogP contribution in [0, 0.1) is 10.8 Å². The zero-order valence-corrected chi connectivity index (χ0v) is 38.2. The second-order valence-electron chi connectivity index (χ2n) is 17.2. The fourth-order valence-corrected chi connectivity index (χ4v) is 9.60. The molecule has 5 heterocycles. The number of fused-ring (bicyclic) bond motifs is 2. The number of aliphatic hydroxyl groups excluding tert-OH is 1. The zero-order chi connectivity index (χ0) is 43.4. The summed E-state index contributed by atoms with van der Waals surface area (Å²) in [7, 11) is 0. The smallest absolute Gasteiger partial charge is 1.00 e. The van der Waals surface area contributed by atoms with Gasteiger partial charge >= 0.3 is 24.8 Å². The Morgan fingerprint density at radius 1 is 0.694 bits per heavy atom. The van der Waals surface area contributed by atoms with Crippen LogP contribution >= 0.6 is 0 Å². The molecule has 347 valence electrons. The Bertz CT molecular complexity index is 1630. The summed E-state index contributed by atoms with van der Waals surface area (Å²) in [4.78, 5) is 12.5. The molecular weight excluding hydrogens is 806 g/mol. The summed E-state index contributed by atoms with van der Waals surface area (Å²) >= 11 is 0. The van der Waals surface area contributed by atoms with Crippen molar-refractivity contribution in [3.8, 4) is 0 Å². The maximum atomic E-state index is 14.0. The van der Waals surface area contributed by atoms with Crippen molar-refractivity contribution in [2.24, 2.45) is 10.8 Å². The molecule has 3 aliphatic heterocycles. The van der Waals surface area contributed by atoms with Gasteiger partial charge in [-0.2, -0.15) is 10.2 Å². The van der Waals surface area contributed by atoms with Crippen LogP contribution in [0.25, 0.3) is 0 Å². The van der Waals surface area contributed by atoms with E-state index in [9.17, 15) is 27.5 Å². The van der Waals surface area contributed by atoms with Crippen LogP contribution in [0.3, 0.4) is 0 Å². The third kappa shape index (κ3) is 14.0. The predicted octanol–water partition coefficient (Wildman–Crippen LogP) is 4.78. The van der Waals surface area contributed by atoms with Gasteiger partial charge in [-0.25, -0.2) is 22.4 Å². The second kappa shape index (κ2) is 25.1. The fraction of sp³-hybridized carbons (Fsp3) is 0.841. The van der Waals surface area contributed by atoms with Crippen LogP contribution in [0.2, 0.25) is 0 Å². The standard InChI is InChI=1S/C21H32F2N2O4.C19H30F2N2O3.C4H8O.B.Li.H/c1-4-27-13-20(14-28-5-2)9-7-15(8-10-20)17-16-11-21(22,23)12-25(16)24-18(17)19(26)29-6-3;1-3-25-12-18(13-26-4-2)7-5-14(6-8-18)17-15(10-24)22-23-11-19(20,21)9-16(17)23;1-2-4-5-3-1;;;/h15H,4-14H2,1-3H3;14,24H,3-13H2,1-2H3;1-4H2;;;/q;;;;+1;-1. The molecule has 2 aromatic heterocycles. The maximum absolute atomic E-state index is 14.0. The number of esters is 1. The van der Waals surface area contributed by atoms with Crippen LogP contribution in [-0.4, -0.2) is 124 Å². The number of rotatable bonds is 17. The molecule has 62 heavy (non-hydrogen) atoms. The number of aliphatic hydroxyl groups is 1. The Balaban J connectivity index is 0.000000374. The first-order chi connectivity index (χ1) is 28.8. The van der Waals surface area contributed by atoms with Gasteiger partial charge in [-0.3, -0.25) is 9.36 Å². The summed E-state index contributed by atoms with van der Waals surface area (Å²) in [5.74, 6) is -5.87. The first kappa shape index (κ1) is 54.4. The van der Waals surface area contributed by atoms with Gasteiger partial charge in [0.1, 0.15) is 13.1 Å². The molecule has 5 aliphatic rings.